The summed E-state index contributed by atoms with van der Waals surface area (Å²) in [6.07, 6.45) is 12.2. The third-order valence-corrected chi connectivity index (χ3v) is 9.61. The summed E-state index contributed by atoms with van der Waals surface area (Å²) < 4.78 is -0.385. The van der Waals surface area contributed by atoms with Crippen molar-refractivity contribution in [2.75, 3.05) is 0 Å². The van der Waals surface area contributed by atoms with E-state index in [0.717, 1.165) is 43.3 Å². The lowest BCUT2D eigenvalue weighted by Crippen LogP contribution is -2.52. The second-order valence-corrected chi connectivity index (χ2v) is 11.6. The molecular weight excluding hydrogens is 376 g/mol. The lowest BCUT2D eigenvalue weighted by atomic mass is 9.46. The van der Waals surface area contributed by atoms with Gasteiger partial charge in [-0.3, -0.25) is 4.79 Å². The molecule has 7 atom stereocenters. The molecule has 0 aliphatic heterocycles. The van der Waals surface area contributed by atoms with Gasteiger partial charge in [-0.2, -0.15) is 0 Å². The van der Waals surface area contributed by atoms with E-state index in [1.54, 1.807) is 0 Å². The maximum atomic E-state index is 11.9. The van der Waals surface area contributed by atoms with E-state index in [-0.39, 0.29) is 15.2 Å². The van der Waals surface area contributed by atoms with Gasteiger partial charge in [-0.15, -0.1) is 0 Å². The molecule has 0 heterocycles. The van der Waals surface area contributed by atoms with Gasteiger partial charge in [-0.25, -0.2) is 0 Å². The second kappa shape index (κ2) is 5.78. The number of halogens is 1. The van der Waals surface area contributed by atoms with Crippen molar-refractivity contribution in [1.29, 1.82) is 0 Å². The maximum Gasteiger partial charge on any atom is 0.155 e. The number of carbonyl (C=O) groups excluding carboxylic acids is 2. The lowest BCUT2D eigenvalue weighted by Gasteiger charge is -2.58. The third kappa shape index (κ3) is 2.47. The van der Waals surface area contributed by atoms with Crippen molar-refractivity contribution < 1.29 is 9.59 Å². The van der Waals surface area contributed by atoms with Gasteiger partial charge in [0.15, 0.2) is 5.78 Å². The zero-order chi connectivity index (χ0) is 18.0. The monoisotopic (exact) mass is 406 g/mol. The van der Waals surface area contributed by atoms with E-state index >= 15 is 0 Å². The highest BCUT2D eigenvalue weighted by atomic mass is 79.9. The Morgan fingerprint density at radius 2 is 1.88 bits per heavy atom. The van der Waals surface area contributed by atoms with E-state index in [1.807, 2.05) is 6.08 Å². The van der Waals surface area contributed by atoms with Crippen LogP contribution in [-0.2, 0) is 9.59 Å². The first-order chi connectivity index (χ1) is 11.7. The molecular formula is C22H31BrO2. The molecule has 0 saturated heterocycles. The average Bonchev–Trinajstić information content (AvgIpc) is 2.93. The number of hydrogen-bond donors (Lipinski definition) is 0. The van der Waals surface area contributed by atoms with Gasteiger partial charge >= 0.3 is 0 Å². The van der Waals surface area contributed by atoms with Crippen molar-refractivity contribution in [2.24, 2.45) is 34.5 Å². The molecule has 138 valence electrons. The zero-order valence-corrected chi connectivity index (χ0v) is 17.4. The summed E-state index contributed by atoms with van der Waals surface area (Å²) in [5, 5.41) is 0. The summed E-state index contributed by atoms with van der Waals surface area (Å²) in [5.74, 6) is 3.03. The average molecular weight is 407 g/mol. The molecule has 4 aliphatic rings. The van der Waals surface area contributed by atoms with Gasteiger partial charge in [0.2, 0.25) is 0 Å². The van der Waals surface area contributed by atoms with Crippen LogP contribution < -0.4 is 0 Å². The van der Waals surface area contributed by atoms with Crippen molar-refractivity contribution in [1.82, 2.24) is 0 Å². The number of rotatable bonds is 2. The van der Waals surface area contributed by atoms with Crippen molar-refractivity contribution in [3.63, 3.8) is 0 Å². The molecule has 3 fully saturated rings. The molecule has 2 nitrogen and oxygen atoms in total. The number of carbonyl (C=O) groups is 2. The van der Waals surface area contributed by atoms with Gasteiger partial charge in [0.1, 0.15) is 6.29 Å². The Labute approximate surface area is 160 Å². The van der Waals surface area contributed by atoms with Crippen LogP contribution in [0.15, 0.2) is 11.6 Å². The van der Waals surface area contributed by atoms with Crippen LogP contribution in [0.25, 0.3) is 0 Å². The van der Waals surface area contributed by atoms with Crippen LogP contribution in [0.1, 0.15) is 72.1 Å². The highest BCUT2D eigenvalue weighted by molar-refractivity contribution is 9.10. The van der Waals surface area contributed by atoms with Crippen LogP contribution in [0.4, 0.5) is 0 Å². The quantitative estimate of drug-likeness (QED) is 0.448. The zero-order valence-electron chi connectivity index (χ0n) is 15.8. The predicted octanol–water partition coefficient (Wildman–Crippen LogP) is 5.49. The van der Waals surface area contributed by atoms with Gasteiger partial charge in [-0.1, -0.05) is 35.4 Å². The topological polar surface area (TPSA) is 34.1 Å². The first kappa shape index (κ1) is 17.9. The highest BCUT2D eigenvalue weighted by Gasteiger charge is 2.61. The molecule has 0 aromatic heterocycles. The molecule has 3 saturated carbocycles. The molecule has 0 amide bonds. The van der Waals surface area contributed by atoms with Crippen LogP contribution >= 0.6 is 15.9 Å². The van der Waals surface area contributed by atoms with E-state index in [4.69, 9.17) is 0 Å². The van der Waals surface area contributed by atoms with E-state index < -0.39 is 0 Å². The van der Waals surface area contributed by atoms with Crippen LogP contribution in [0.5, 0.6) is 0 Å². The first-order valence-electron chi connectivity index (χ1n) is 10.1. The van der Waals surface area contributed by atoms with Gasteiger partial charge in [0.25, 0.3) is 0 Å². The summed E-state index contributed by atoms with van der Waals surface area (Å²) in [6, 6.07) is 0. The van der Waals surface area contributed by atoms with Gasteiger partial charge in [0, 0.05) is 6.42 Å². The van der Waals surface area contributed by atoms with Crippen LogP contribution in [0.3, 0.4) is 0 Å². The Hall–Kier alpha value is -0.440. The van der Waals surface area contributed by atoms with E-state index in [2.05, 4.69) is 36.7 Å². The normalized spacial score (nSPS) is 48.6. The van der Waals surface area contributed by atoms with E-state index in [1.165, 1.54) is 37.7 Å². The van der Waals surface area contributed by atoms with E-state index in [9.17, 15) is 9.59 Å². The smallest absolute Gasteiger partial charge is 0.155 e. The largest absolute Gasteiger partial charge is 0.302 e. The minimum Gasteiger partial charge on any atom is -0.302 e. The van der Waals surface area contributed by atoms with Crippen LogP contribution in [0.2, 0.25) is 0 Å². The molecule has 0 unspecified atom stereocenters. The van der Waals surface area contributed by atoms with Crippen molar-refractivity contribution in [3.8, 4) is 0 Å². The Morgan fingerprint density at radius 3 is 2.60 bits per heavy atom. The summed E-state index contributed by atoms with van der Waals surface area (Å²) in [6.45, 7) is 6.98. The number of alkyl halides is 1. The second-order valence-electron chi connectivity index (χ2n) is 9.91. The van der Waals surface area contributed by atoms with Crippen LogP contribution in [0, 0.1) is 34.5 Å². The SMILES string of the molecule is C[C@@]12CC[C@@H]3[C@H](CCC4=CC(=O)CC[C@@]43C)[C@H]1CC[C@H]2[C@](C)(Br)C=O. The van der Waals surface area contributed by atoms with Crippen LogP contribution in [-0.4, -0.2) is 16.4 Å². The Morgan fingerprint density at radius 1 is 1.12 bits per heavy atom. The Kier molecular flexibility index (Phi) is 4.15. The fraction of sp³-hybridized carbons (Fsp3) is 0.818. The minimum absolute atomic E-state index is 0.249. The molecule has 0 N–H and O–H groups in total. The number of aldehydes is 1. The number of fused-ring (bicyclic) bond motifs is 5. The molecule has 0 aromatic rings. The van der Waals surface area contributed by atoms with Crippen molar-refractivity contribution in [2.45, 2.75) is 76.5 Å². The van der Waals surface area contributed by atoms with Gasteiger partial charge in [0.05, 0.1) is 4.32 Å². The first-order valence-corrected chi connectivity index (χ1v) is 10.9. The predicted molar refractivity (Wildman–Crippen MR) is 104 cm³/mol. The molecule has 4 rings (SSSR count). The molecule has 3 heteroatoms. The van der Waals surface area contributed by atoms with Gasteiger partial charge in [-0.05, 0) is 92.4 Å². The van der Waals surface area contributed by atoms with E-state index in [0.29, 0.717) is 11.7 Å². The summed E-state index contributed by atoms with van der Waals surface area (Å²) in [5.41, 5.74) is 1.97. The minimum atomic E-state index is -0.385. The summed E-state index contributed by atoms with van der Waals surface area (Å²) in [7, 11) is 0. The van der Waals surface area contributed by atoms with Crippen molar-refractivity contribution in [3.05, 3.63) is 11.6 Å². The summed E-state index contributed by atoms with van der Waals surface area (Å²) >= 11 is 3.75. The molecule has 0 bridgehead atoms. The molecule has 4 aliphatic carbocycles. The fourth-order valence-corrected chi connectivity index (χ4v) is 8.32. The Balaban J connectivity index is 1.66. The molecule has 25 heavy (non-hydrogen) atoms. The number of hydrogen-bond acceptors (Lipinski definition) is 2. The molecule has 0 spiro atoms. The van der Waals surface area contributed by atoms with Crippen molar-refractivity contribution >= 4 is 28.0 Å². The fourth-order valence-electron chi connectivity index (χ4n) is 7.57. The third-order valence-electron chi connectivity index (χ3n) is 8.87. The summed E-state index contributed by atoms with van der Waals surface area (Å²) in [4.78, 5) is 23.6. The maximum absolute atomic E-state index is 11.9. The Bertz CT molecular complexity index is 636. The highest BCUT2D eigenvalue weighted by Crippen LogP contribution is 2.68. The number of ketones is 1. The van der Waals surface area contributed by atoms with Gasteiger partial charge < -0.3 is 4.79 Å². The molecule has 0 radical (unpaired) electrons. The standard InChI is InChI=1S/C22H31BrO2/c1-20-10-8-15(25)12-14(20)4-5-16-17-6-7-19(22(3,23)13-24)21(17,2)11-9-18(16)20/h12-13,16-19H,4-11H2,1-3H3/t16-,17-,18-,19-,20+,21-,22-/m1/s1. The number of allylic oxidation sites excluding steroid dienone is 1. The molecule has 0 aromatic carbocycles. The lowest BCUT2D eigenvalue weighted by molar-refractivity contribution is -0.117.